The third-order valence-corrected chi connectivity index (χ3v) is 4.70. The summed E-state index contributed by atoms with van der Waals surface area (Å²) in [4.78, 5) is 4.32. The van der Waals surface area contributed by atoms with Crippen molar-refractivity contribution in [3.63, 3.8) is 0 Å². The fraction of sp³-hybridized carbons (Fsp3) is 0.611. The van der Waals surface area contributed by atoms with Crippen molar-refractivity contribution in [2.45, 2.75) is 43.9 Å². The minimum Gasteiger partial charge on any atom is -0.379 e. The van der Waals surface area contributed by atoms with E-state index in [9.17, 15) is 0 Å². The van der Waals surface area contributed by atoms with Crippen LogP contribution < -0.4 is 10.6 Å². The Morgan fingerprint density at radius 1 is 1.48 bits per heavy atom. The van der Waals surface area contributed by atoms with Crippen molar-refractivity contribution < 1.29 is 9.47 Å². The zero-order valence-corrected chi connectivity index (χ0v) is 17.8. The van der Waals surface area contributed by atoms with Gasteiger partial charge in [-0.05, 0) is 37.5 Å². The summed E-state index contributed by atoms with van der Waals surface area (Å²) in [6, 6.07) is 8.70. The Hall–Kier alpha value is -0.570. The zero-order chi connectivity index (χ0) is 16.9. The maximum atomic E-state index is 6.08. The Labute approximate surface area is 171 Å². The van der Waals surface area contributed by atoms with E-state index in [1.165, 1.54) is 5.56 Å². The lowest BCUT2D eigenvalue weighted by atomic mass is 10.1. The number of rotatable bonds is 6. The molecule has 0 spiro atoms. The molecule has 4 unspecified atom stereocenters. The van der Waals surface area contributed by atoms with Gasteiger partial charge in [0.2, 0.25) is 0 Å². The summed E-state index contributed by atoms with van der Waals surface area (Å²) in [7, 11) is 1.80. The quantitative estimate of drug-likeness (QED) is 0.374. The van der Waals surface area contributed by atoms with Crippen molar-refractivity contribution in [1.29, 1.82) is 0 Å². The molecule has 7 heteroatoms. The van der Waals surface area contributed by atoms with Crippen molar-refractivity contribution in [1.82, 2.24) is 10.6 Å². The molecule has 0 aromatic heterocycles. The van der Waals surface area contributed by atoms with Crippen molar-refractivity contribution in [2.75, 3.05) is 26.9 Å². The van der Waals surface area contributed by atoms with Gasteiger partial charge >= 0.3 is 0 Å². The van der Waals surface area contributed by atoms with Gasteiger partial charge in [-0.1, -0.05) is 23.7 Å². The highest BCUT2D eigenvalue weighted by atomic mass is 127. The van der Waals surface area contributed by atoms with Crippen molar-refractivity contribution in [3.05, 3.63) is 34.9 Å². The number of hydrogen-bond acceptors (Lipinski definition) is 3. The first kappa shape index (κ1) is 20.7. The molecule has 1 aliphatic carbocycles. The summed E-state index contributed by atoms with van der Waals surface area (Å²) in [6.45, 7) is 4.27. The van der Waals surface area contributed by atoms with Gasteiger partial charge in [0.15, 0.2) is 5.96 Å². The summed E-state index contributed by atoms with van der Waals surface area (Å²) in [6.07, 6.45) is 2.33. The monoisotopic (exact) mass is 479 g/mol. The molecular weight excluding hydrogens is 453 g/mol. The Morgan fingerprint density at radius 2 is 2.32 bits per heavy atom. The number of halogens is 2. The first-order valence-electron chi connectivity index (χ1n) is 8.60. The van der Waals surface area contributed by atoms with Crippen molar-refractivity contribution in [3.8, 4) is 0 Å². The van der Waals surface area contributed by atoms with Crippen LogP contribution in [0.25, 0.3) is 0 Å². The number of nitrogens with zero attached hydrogens (tertiary/aromatic N) is 1. The molecule has 4 atom stereocenters. The highest BCUT2D eigenvalue weighted by molar-refractivity contribution is 14.0. The van der Waals surface area contributed by atoms with E-state index >= 15 is 0 Å². The van der Waals surface area contributed by atoms with Gasteiger partial charge in [-0.2, -0.15) is 0 Å². The number of aliphatic imine (C=N–C) groups is 1. The van der Waals surface area contributed by atoms with E-state index in [-0.39, 0.29) is 36.1 Å². The van der Waals surface area contributed by atoms with Gasteiger partial charge in [-0.25, -0.2) is 0 Å². The van der Waals surface area contributed by atoms with Crippen LogP contribution >= 0.6 is 35.6 Å². The summed E-state index contributed by atoms with van der Waals surface area (Å²) in [5.41, 5.74) is 1.29. The molecule has 1 aromatic rings. The second-order valence-electron chi connectivity index (χ2n) is 6.58. The number of guanidine groups is 1. The molecule has 3 rings (SSSR count). The number of benzene rings is 1. The summed E-state index contributed by atoms with van der Waals surface area (Å²) in [5, 5.41) is 7.67. The van der Waals surface area contributed by atoms with Gasteiger partial charge in [-0.15, -0.1) is 24.0 Å². The Kier molecular flexibility index (Phi) is 8.25. The van der Waals surface area contributed by atoms with Gasteiger partial charge in [0.05, 0.1) is 19.3 Å². The first-order valence-corrected chi connectivity index (χ1v) is 8.98. The summed E-state index contributed by atoms with van der Waals surface area (Å²) < 4.78 is 11.2. The number of hydrogen-bond donors (Lipinski definition) is 2. The van der Waals surface area contributed by atoms with E-state index < -0.39 is 0 Å². The molecule has 25 heavy (non-hydrogen) atoms. The molecule has 2 fully saturated rings. The molecule has 1 saturated heterocycles. The normalized spacial score (nSPS) is 26.7. The lowest BCUT2D eigenvalue weighted by Gasteiger charge is -2.19. The third-order valence-electron chi connectivity index (χ3n) is 4.47. The maximum absolute atomic E-state index is 6.08. The van der Waals surface area contributed by atoms with E-state index in [2.05, 4.69) is 28.6 Å². The Morgan fingerprint density at radius 3 is 3.00 bits per heavy atom. The smallest absolute Gasteiger partial charge is 0.191 e. The van der Waals surface area contributed by atoms with Gasteiger partial charge in [-0.3, -0.25) is 4.99 Å². The summed E-state index contributed by atoms with van der Waals surface area (Å²) >= 11 is 6.08. The minimum atomic E-state index is 0. The predicted octanol–water partition coefficient (Wildman–Crippen LogP) is 3.17. The molecule has 1 saturated carbocycles. The Bertz CT molecular complexity index is 581. The largest absolute Gasteiger partial charge is 0.379 e. The molecule has 140 valence electrons. The third kappa shape index (κ3) is 6.27. The van der Waals surface area contributed by atoms with E-state index in [1.807, 2.05) is 18.2 Å². The molecule has 5 nitrogen and oxygen atoms in total. The highest BCUT2D eigenvalue weighted by Crippen LogP contribution is 2.41. The standard InChI is InChI=1S/C18H26ClN3O2.HI/c1-12(10-24-15-6-7-23-11-15)21-18(20-2)22-17-9-16(17)13-4-3-5-14(19)8-13;/h3-5,8,12,15-17H,6-7,9-11H2,1-2H3,(H2,20,21,22);1H. The lowest BCUT2D eigenvalue weighted by Crippen LogP contribution is -2.45. The minimum absolute atomic E-state index is 0. The molecular formula is C18H27ClIN3O2. The molecule has 0 bridgehead atoms. The number of nitrogens with one attached hydrogen (secondary N) is 2. The van der Waals surface area contributed by atoms with Crippen LogP contribution in [0.15, 0.2) is 29.3 Å². The van der Waals surface area contributed by atoms with Gasteiger partial charge in [0, 0.05) is 36.7 Å². The molecule has 1 heterocycles. The molecule has 1 aromatic carbocycles. The van der Waals surface area contributed by atoms with Crippen LogP contribution in [0.5, 0.6) is 0 Å². The molecule has 0 amide bonds. The van der Waals surface area contributed by atoms with Gasteiger partial charge in [0.1, 0.15) is 0 Å². The second kappa shape index (κ2) is 9.94. The van der Waals surface area contributed by atoms with Crippen LogP contribution in [0.3, 0.4) is 0 Å². The van der Waals surface area contributed by atoms with Crippen molar-refractivity contribution in [2.24, 2.45) is 4.99 Å². The van der Waals surface area contributed by atoms with Gasteiger partial charge < -0.3 is 20.1 Å². The highest BCUT2D eigenvalue weighted by Gasteiger charge is 2.39. The molecule has 1 aliphatic heterocycles. The average molecular weight is 480 g/mol. The van der Waals surface area contributed by atoms with E-state index in [1.54, 1.807) is 7.05 Å². The zero-order valence-electron chi connectivity index (χ0n) is 14.7. The summed E-state index contributed by atoms with van der Waals surface area (Å²) in [5.74, 6) is 1.33. The fourth-order valence-electron chi connectivity index (χ4n) is 3.01. The molecule has 0 radical (unpaired) electrons. The maximum Gasteiger partial charge on any atom is 0.191 e. The van der Waals surface area contributed by atoms with E-state index in [4.69, 9.17) is 21.1 Å². The lowest BCUT2D eigenvalue weighted by molar-refractivity contribution is 0.0347. The molecule has 2 N–H and O–H groups in total. The van der Waals surface area contributed by atoms with Crippen LogP contribution in [0.4, 0.5) is 0 Å². The van der Waals surface area contributed by atoms with E-state index in [0.29, 0.717) is 25.2 Å². The van der Waals surface area contributed by atoms with Crippen LogP contribution in [-0.4, -0.2) is 51.0 Å². The van der Waals surface area contributed by atoms with Crippen LogP contribution in [0.2, 0.25) is 5.02 Å². The fourth-order valence-corrected chi connectivity index (χ4v) is 3.21. The topological polar surface area (TPSA) is 54.9 Å². The SMILES string of the molecule is CN=C(NC(C)COC1CCOC1)NC1CC1c1cccc(Cl)c1.I. The first-order chi connectivity index (χ1) is 11.7. The van der Waals surface area contributed by atoms with Crippen LogP contribution in [0, 0.1) is 0 Å². The average Bonchev–Trinajstić information content (AvgIpc) is 3.14. The van der Waals surface area contributed by atoms with E-state index in [0.717, 1.165) is 30.4 Å². The van der Waals surface area contributed by atoms with Crippen molar-refractivity contribution >= 4 is 41.5 Å². The molecule has 2 aliphatic rings. The van der Waals surface area contributed by atoms with Crippen LogP contribution in [0.1, 0.15) is 31.2 Å². The Balaban J connectivity index is 0.00000225. The predicted molar refractivity (Wildman–Crippen MR) is 112 cm³/mol. The number of ether oxygens (including phenoxy) is 2. The van der Waals surface area contributed by atoms with Gasteiger partial charge in [0.25, 0.3) is 0 Å². The van der Waals surface area contributed by atoms with Crippen LogP contribution in [-0.2, 0) is 9.47 Å². The second-order valence-corrected chi connectivity index (χ2v) is 7.02.